The molecule has 3 heterocycles. The molecule has 1 saturated carbocycles. The monoisotopic (exact) mass is 607 g/mol. The Morgan fingerprint density at radius 2 is 1.42 bits per heavy atom. The van der Waals surface area contributed by atoms with E-state index in [4.69, 9.17) is 4.74 Å². The molecule has 1 unspecified atom stereocenters. The highest BCUT2D eigenvalue weighted by molar-refractivity contribution is 6.02. The van der Waals surface area contributed by atoms with Crippen LogP contribution in [0.1, 0.15) is 66.8 Å². The van der Waals surface area contributed by atoms with Gasteiger partial charge in [-0.1, -0.05) is 72.8 Å². The number of carboxylic acid groups (broad SMARTS) is 1. The van der Waals surface area contributed by atoms with Crippen molar-refractivity contribution in [3.63, 3.8) is 0 Å². The molecule has 7 rings (SSSR count). The number of ether oxygens (including phenoxy) is 1. The first-order valence-electron chi connectivity index (χ1n) is 15.9. The second-order valence-electron chi connectivity index (χ2n) is 12.6. The number of carbonyl (C=O) groups is 4. The average Bonchev–Trinajstić information content (AvgIpc) is 3.65. The van der Waals surface area contributed by atoms with Gasteiger partial charge in [-0.05, 0) is 66.8 Å². The Morgan fingerprint density at radius 1 is 0.733 bits per heavy atom. The first-order chi connectivity index (χ1) is 21.9. The van der Waals surface area contributed by atoms with E-state index in [0.29, 0.717) is 31.4 Å². The number of likely N-dealkylation sites (tertiary alicyclic amines) is 1. The number of aliphatic carboxylic acids is 1. The van der Waals surface area contributed by atoms with Gasteiger partial charge in [-0.2, -0.15) is 0 Å². The molecule has 45 heavy (non-hydrogen) atoms. The molecule has 3 aromatic rings. The number of anilines is 1. The van der Waals surface area contributed by atoms with Crippen molar-refractivity contribution in [3.05, 3.63) is 101 Å². The van der Waals surface area contributed by atoms with Gasteiger partial charge in [0.1, 0.15) is 18.2 Å². The zero-order chi connectivity index (χ0) is 31.1. The number of rotatable bonds is 6. The number of carbonyl (C=O) groups excluding carboxylic acids is 3. The van der Waals surface area contributed by atoms with Crippen molar-refractivity contribution in [3.8, 4) is 0 Å². The van der Waals surface area contributed by atoms with Crippen LogP contribution in [0.15, 0.2) is 78.9 Å². The molecule has 0 radical (unpaired) electrons. The molecule has 3 aliphatic heterocycles. The standard InChI is InChI=1S/C36H37N3O6/c40-33(41)21-27-19-24-11-4-5-13-26(24)22-37(27)34(42)31-18-17-30(23-9-2-1-3-10-23)38(31)35(43)32-20-25-12-6-7-16-29(25)39(32)36(44)45-28-14-8-15-28/h1-7,9-13,16,27-28,30-32H,8,14-15,17-22H2,(H,40,41)/t27?,30-,31+,32+/m0/s1. The van der Waals surface area contributed by atoms with Crippen LogP contribution in [0.5, 0.6) is 0 Å². The molecule has 9 heteroatoms. The van der Waals surface area contributed by atoms with Gasteiger partial charge < -0.3 is 19.6 Å². The van der Waals surface area contributed by atoms with E-state index < -0.39 is 30.2 Å². The molecule has 3 amide bonds. The molecule has 0 aromatic heterocycles. The summed E-state index contributed by atoms with van der Waals surface area (Å²) in [4.78, 5) is 59.8. The van der Waals surface area contributed by atoms with Gasteiger partial charge in [0.05, 0.1) is 18.2 Å². The van der Waals surface area contributed by atoms with Crippen LogP contribution in [-0.4, -0.2) is 63.0 Å². The molecule has 3 aromatic carbocycles. The van der Waals surface area contributed by atoms with Crippen LogP contribution >= 0.6 is 0 Å². The number of hydrogen-bond donors (Lipinski definition) is 1. The largest absolute Gasteiger partial charge is 0.481 e. The third-order valence-electron chi connectivity index (χ3n) is 9.94. The quantitative estimate of drug-likeness (QED) is 0.409. The fourth-order valence-corrected chi connectivity index (χ4v) is 7.45. The maximum absolute atomic E-state index is 14.9. The normalized spacial score (nSPS) is 24.0. The topological polar surface area (TPSA) is 107 Å². The van der Waals surface area contributed by atoms with Gasteiger partial charge in [0.15, 0.2) is 0 Å². The molecule has 2 fully saturated rings. The lowest BCUT2D eigenvalue weighted by atomic mass is 9.91. The summed E-state index contributed by atoms with van der Waals surface area (Å²) in [5, 5.41) is 9.75. The van der Waals surface area contributed by atoms with E-state index in [0.717, 1.165) is 41.5 Å². The predicted molar refractivity (Wildman–Crippen MR) is 166 cm³/mol. The van der Waals surface area contributed by atoms with Crippen LogP contribution in [0.25, 0.3) is 0 Å². The molecular formula is C36H37N3O6. The smallest absolute Gasteiger partial charge is 0.415 e. The number of fused-ring (bicyclic) bond motifs is 2. The minimum Gasteiger partial charge on any atom is -0.481 e. The second kappa shape index (κ2) is 12.0. The SMILES string of the molecule is O=C(O)CC1Cc2ccccc2CN1C(=O)[C@H]1CC[C@@H](c2ccccc2)N1C(=O)[C@H]1Cc2ccccc2N1C(=O)OC1CCC1. The molecular weight excluding hydrogens is 570 g/mol. The van der Waals surface area contributed by atoms with E-state index in [-0.39, 0.29) is 36.9 Å². The molecule has 9 nitrogen and oxygen atoms in total. The molecule has 0 bridgehead atoms. The summed E-state index contributed by atoms with van der Waals surface area (Å²) in [6.07, 6.45) is 3.56. The molecule has 1 saturated heterocycles. The zero-order valence-corrected chi connectivity index (χ0v) is 25.1. The molecule has 0 spiro atoms. The number of nitrogens with zero attached hydrogens (tertiary/aromatic N) is 3. The lowest BCUT2D eigenvalue weighted by Gasteiger charge is -2.41. The maximum atomic E-state index is 14.9. The van der Waals surface area contributed by atoms with Crippen molar-refractivity contribution in [1.82, 2.24) is 9.80 Å². The number of benzene rings is 3. The summed E-state index contributed by atoms with van der Waals surface area (Å²) in [6, 6.07) is 22.5. The average molecular weight is 608 g/mol. The van der Waals surface area contributed by atoms with Crippen LogP contribution in [0, 0.1) is 0 Å². The Bertz CT molecular complexity index is 1620. The van der Waals surface area contributed by atoms with Crippen molar-refractivity contribution in [1.29, 1.82) is 0 Å². The Hall–Kier alpha value is -4.66. The van der Waals surface area contributed by atoms with Crippen LogP contribution in [0.4, 0.5) is 10.5 Å². The fourth-order valence-electron chi connectivity index (χ4n) is 7.45. The van der Waals surface area contributed by atoms with E-state index in [1.807, 2.05) is 78.9 Å². The van der Waals surface area contributed by atoms with Gasteiger partial charge in [-0.15, -0.1) is 0 Å². The predicted octanol–water partition coefficient (Wildman–Crippen LogP) is 5.27. The zero-order valence-electron chi connectivity index (χ0n) is 25.1. The number of amides is 3. The summed E-state index contributed by atoms with van der Waals surface area (Å²) in [5.74, 6) is -1.52. The Kier molecular flexibility index (Phi) is 7.77. The molecule has 4 atom stereocenters. The van der Waals surface area contributed by atoms with Crippen LogP contribution in [-0.2, 0) is 38.5 Å². The summed E-state index contributed by atoms with van der Waals surface area (Å²) in [7, 11) is 0. The number of hydrogen-bond acceptors (Lipinski definition) is 5. The third kappa shape index (κ3) is 5.45. The Balaban J connectivity index is 1.24. The highest BCUT2D eigenvalue weighted by atomic mass is 16.6. The van der Waals surface area contributed by atoms with Crippen molar-refractivity contribution >= 4 is 29.6 Å². The summed E-state index contributed by atoms with van der Waals surface area (Å²) in [5.41, 5.74) is 4.49. The summed E-state index contributed by atoms with van der Waals surface area (Å²) in [6.45, 7) is 0.288. The fraction of sp³-hybridized carbons (Fsp3) is 0.389. The van der Waals surface area contributed by atoms with Crippen molar-refractivity contribution in [2.75, 3.05) is 4.90 Å². The summed E-state index contributed by atoms with van der Waals surface area (Å²) < 4.78 is 5.82. The van der Waals surface area contributed by atoms with E-state index in [1.54, 1.807) is 9.80 Å². The van der Waals surface area contributed by atoms with Gasteiger partial charge in [-0.25, -0.2) is 4.79 Å². The summed E-state index contributed by atoms with van der Waals surface area (Å²) >= 11 is 0. The van der Waals surface area contributed by atoms with E-state index in [1.165, 1.54) is 4.90 Å². The lowest BCUT2D eigenvalue weighted by molar-refractivity contribution is -0.150. The van der Waals surface area contributed by atoms with E-state index >= 15 is 0 Å². The van der Waals surface area contributed by atoms with Crippen LogP contribution in [0.3, 0.4) is 0 Å². The van der Waals surface area contributed by atoms with Crippen molar-refractivity contribution in [2.45, 2.75) is 88.2 Å². The molecule has 232 valence electrons. The van der Waals surface area contributed by atoms with Gasteiger partial charge in [0.25, 0.3) is 0 Å². The highest BCUT2D eigenvalue weighted by Crippen LogP contribution is 2.42. The number of para-hydroxylation sites is 1. The molecule has 1 N–H and O–H groups in total. The van der Waals surface area contributed by atoms with Crippen molar-refractivity contribution in [2.24, 2.45) is 0 Å². The van der Waals surface area contributed by atoms with E-state index in [9.17, 15) is 24.3 Å². The third-order valence-corrected chi connectivity index (χ3v) is 9.94. The first-order valence-corrected chi connectivity index (χ1v) is 15.9. The van der Waals surface area contributed by atoms with Gasteiger partial charge in [-0.3, -0.25) is 19.3 Å². The van der Waals surface area contributed by atoms with Gasteiger partial charge in [0.2, 0.25) is 11.8 Å². The van der Waals surface area contributed by atoms with E-state index in [2.05, 4.69) is 0 Å². The van der Waals surface area contributed by atoms with Crippen molar-refractivity contribution < 1.29 is 29.0 Å². The minimum atomic E-state index is -0.969. The van der Waals surface area contributed by atoms with Gasteiger partial charge in [0, 0.05) is 19.0 Å². The highest BCUT2D eigenvalue weighted by Gasteiger charge is 2.50. The van der Waals surface area contributed by atoms with Crippen LogP contribution in [0.2, 0.25) is 0 Å². The molecule has 1 aliphatic carbocycles. The van der Waals surface area contributed by atoms with Crippen LogP contribution < -0.4 is 4.90 Å². The lowest BCUT2D eigenvalue weighted by Crippen LogP contribution is -2.57. The molecule has 4 aliphatic rings. The Labute approximate surface area is 262 Å². The Morgan fingerprint density at radius 3 is 2.13 bits per heavy atom. The minimum absolute atomic E-state index is 0.146. The maximum Gasteiger partial charge on any atom is 0.415 e. The van der Waals surface area contributed by atoms with Gasteiger partial charge >= 0.3 is 12.1 Å². The first kappa shape index (κ1) is 29.1. The second-order valence-corrected chi connectivity index (χ2v) is 12.6. The number of carboxylic acids is 1.